The largest absolute Gasteiger partial charge is 0.497 e. The molecule has 0 radical (unpaired) electrons. The van der Waals surface area contributed by atoms with Gasteiger partial charge in [-0.1, -0.05) is 19.1 Å². The smallest absolute Gasteiger partial charge is 0.118 e. The van der Waals surface area contributed by atoms with Crippen molar-refractivity contribution < 1.29 is 14.9 Å². The van der Waals surface area contributed by atoms with Crippen LogP contribution in [0.25, 0.3) is 0 Å². The Hall–Kier alpha value is -1.06. The molecule has 1 atom stereocenters. The van der Waals surface area contributed by atoms with Crippen LogP contribution in [0.2, 0.25) is 0 Å². The van der Waals surface area contributed by atoms with Gasteiger partial charge in [-0.05, 0) is 24.1 Å². The molecule has 2 N–H and O–H groups in total. The first-order valence-corrected chi connectivity index (χ1v) is 4.64. The quantitative estimate of drug-likeness (QED) is 0.762. The van der Waals surface area contributed by atoms with Crippen LogP contribution in [0.1, 0.15) is 18.9 Å². The van der Waals surface area contributed by atoms with Crippen LogP contribution in [-0.4, -0.2) is 23.9 Å². The highest BCUT2D eigenvalue weighted by Crippen LogP contribution is 2.25. The van der Waals surface area contributed by atoms with Gasteiger partial charge in [-0.3, -0.25) is 0 Å². The highest BCUT2D eigenvalue weighted by molar-refractivity contribution is 5.30. The molecule has 0 aliphatic heterocycles. The van der Waals surface area contributed by atoms with Crippen molar-refractivity contribution in [1.82, 2.24) is 0 Å². The van der Waals surface area contributed by atoms with Crippen LogP contribution in [0, 0.1) is 0 Å². The second kappa shape index (κ2) is 4.44. The molecule has 0 bridgehead atoms. The number of methoxy groups -OCH3 is 1. The van der Waals surface area contributed by atoms with Crippen LogP contribution in [0.5, 0.6) is 5.75 Å². The van der Waals surface area contributed by atoms with E-state index in [0.29, 0.717) is 12.0 Å². The van der Waals surface area contributed by atoms with Gasteiger partial charge in [0.05, 0.1) is 13.7 Å². The molecule has 0 amide bonds. The molecule has 0 aliphatic carbocycles. The van der Waals surface area contributed by atoms with Crippen LogP contribution < -0.4 is 4.74 Å². The Morgan fingerprint density at radius 2 is 1.86 bits per heavy atom. The zero-order valence-corrected chi connectivity index (χ0v) is 8.53. The lowest BCUT2D eigenvalue weighted by Crippen LogP contribution is -2.29. The predicted molar refractivity (Wildman–Crippen MR) is 54.3 cm³/mol. The van der Waals surface area contributed by atoms with E-state index >= 15 is 0 Å². The van der Waals surface area contributed by atoms with Crippen molar-refractivity contribution in [3.05, 3.63) is 29.8 Å². The van der Waals surface area contributed by atoms with Crippen LogP contribution in [0.15, 0.2) is 24.3 Å². The monoisotopic (exact) mass is 196 g/mol. The first-order valence-electron chi connectivity index (χ1n) is 4.64. The lowest BCUT2D eigenvalue weighted by Gasteiger charge is -2.24. The maximum Gasteiger partial charge on any atom is 0.118 e. The van der Waals surface area contributed by atoms with Crippen molar-refractivity contribution in [2.45, 2.75) is 18.9 Å². The molecule has 0 heterocycles. The third-order valence-corrected chi connectivity index (χ3v) is 2.47. The number of ether oxygens (including phenoxy) is 1. The summed E-state index contributed by atoms with van der Waals surface area (Å²) in [7, 11) is 1.59. The number of rotatable bonds is 4. The molecule has 3 heteroatoms. The van der Waals surface area contributed by atoms with Crippen LogP contribution >= 0.6 is 0 Å². The van der Waals surface area contributed by atoms with E-state index in [0.717, 1.165) is 5.75 Å². The molecule has 14 heavy (non-hydrogen) atoms. The van der Waals surface area contributed by atoms with Crippen LogP contribution in [-0.2, 0) is 5.60 Å². The Bertz CT molecular complexity index is 275. The summed E-state index contributed by atoms with van der Waals surface area (Å²) in [4.78, 5) is 0. The van der Waals surface area contributed by atoms with Crippen molar-refractivity contribution in [2.75, 3.05) is 13.7 Å². The van der Waals surface area contributed by atoms with Crippen LogP contribution in [0.4, 0.5) is 0 Å². The molecular weight excluding hydrogens is 180 g/mol. The third-order valence-electron chi connectivity index (χ3n) is 2.47. The SMILES string of the molecule is CCC(O)(CO)c1ccc(OC)cc1. The summed E-state index contributed by atoms with van der Waals surface area (Å²) in [6.45, 7) is 1.57. The fraction of sp³-hybridized carbons (Fsp3) is 0.455. The number of benzene rings is 1. The standard InChI is InChI=1S/C11H16O3/c1-3-11(13,8-12)9-4-6-10(14-2)7-5-9/h4-7,12-13H,3,8H2,1-2H3. The lowest BCUT2D eigenvalue weighted by molar-refractivity contribution is -0.0222. The third kappa shape index (κ3) is 2.05. The van der Waals surface area contributed by atoms with Gasteiger partial charge in [0.2, 0.25) is 0 Å². The fourth-order valence-electron chi connectivity index (χ4n) is 1.31. The fourth-order valence-corrected chi connectivity index (χ4v) is 1.31. The summed E-state index contributed by atoms with van der Waals surface area (Å²) in [6, 6.07) is 7.06. The molecule has 0 aliphatic rings. The Morgan fingerprint density at radius 1 is 1.29 bits per heavy atom. The normalized spacial score (nSPS) is 14.9. The van der Waals surface area contributed by atoms with E-state index in [1.54, 1.807) is 31.4 Å². The zero-order valence-electron chi connectivity index (χ0n) is 8.53. The Labute approximate surface area is 84.0 Å². The second-order valence-electron chi connectivity index (χ2n) is 3.27. The molecule has 3 nitrogen and oxygen atoms in total. The van der Waals surface area contributed by atoms with Gasteiger partial charge >= 0.3 is 0 Å². The predicted octanol–water partition coefficient (Wildman–Crippen LogP) is 1.29. The van der Waals surface area contributed by atoms with Crippen molar-refractivity contribution >= 4 is 0 Å². The highest BCUT2D eigenvalue weighted by Gasteiger charge is 2.25. The van der Waals surface area contributed by atoms with Gasteiger partial charge in [0, 0.05) is 0 Å². The molecule has 78 valence electrons. The maximum atomic E-state index is 9.97. The van der Waals surface area contributed by atoms with Gasteiger partial charge in [-0.15, -0.1) is 0 Å². The number of hydrogen-bond donors (Lipinski definition) is 2. The summed E-state index contributed by atoms with van der Waals surface area (Å²) in [5.41, 5.74) is -0.421. The van der Waals surface area contributed by atoms with Gasteiger partial charge in [-0.2, -0.15) is 0 Å². The van der Waals surface area contributed by atoms with E-state index in [1.807, 2.05) is 6.92 Å². The van der Waals surface area contributed by atoms with Crippen LogP contribution in [0.3, 0.4) is 0 Å². The molecular formula is C11H16O3. The zero-order chi connectivity index (χ0) is 10.6. The van der Waals surface area contributed by atoms with Gasteiger partial charge in [0.15, 0.2) is 0 Å². The van der Waals surface area contributed by atoms with E-state index in [2.05, 4.69) is 0 Å². The maximum absolute atomic E-state index is 9.97. The molecule has 1 aromatic rings. The molecule has 1 rings (SSSR count). The summed E-state index contributed by atoms with van der Waals surface area (Å²) >= 11 is 0. The molecule has 1 unspecified atom stereocenters. The van der Waals surface area contributed by atoms with Crippen molar-refractivity contribution in [3.63, 3.8) is 0 Å². The minimum atomic E-state index is -1.13. The average Bonchev–Trinajstić information content (AvgIpc) is 2.28. The molecule has 0 fully saturated rings. The van der Waals surface area contributed by atoms with E-state index in [9.17, 15) is 5.11 Å². The van der Waals surface area contributed by atoms with Gasteiger partial charge in [0.1, 0.15) is 11.4 Å². The van der Waals surface area contributed by atoms with Gasteiger partial charge < -0.3 is 14.9 Å². The first kappa shape index (κ1) is 11.0. The number of aliphatic hydroxyl groups is 2. The number of hydrogen-bond acceptors (Lipinski definition) is 3. The highest BCUT2D eigenvalue weighted by atomic mass is 16.5. The second-order valence-corrected chi connectivity index (χ2v) is 3.27. The minimum Gasteiger partial charge on any atom is -0.497 e. The van der Waals surface area contributed by atoms with Crippen molar-refractivity contribution in [3.8, 4) is 5.75 Å². The molecule has 0 saturated carbocycles. The Morgan fingerprint density at radius 3 is 2.21 bits per heavy atom. The summed E-state index contributed by atoms with van der Waals surface area (Å²) in [6.07, 6.45) is 0.482. The summed E-state index contributed by atoms with van der Waals surface area (Å²) < 4.78 is 5.00. The lowest BCUT2D eigenvalue weighted by atomic mass is 9.92. The summed E-state index contributed by atoms with van der Waals surface area (Å²) in [5.74, 6) is 0.741. The molecule has 1 aromatic carbocycles. The topological polar surface area (TPSA) is 49.7 Å². The Balaban J connectivity index is 2.95. The van der Waals surface area contributed by atoms with Gasteiger partial charge in [-0.25, -0.2) is 0 Å². The molecule has 0 aromatic heterocycles. The minimum absolute atomic E-state index is 0.268. The van der Waals surface area contributed by atoms with Crippen molar-refractivity contribution in [1.29, 1.82) is 0 Å². The van der Waals surface area contributed by atoms with E-state index < -0.39 is 5.60 Å². The van der Waals surface area contributed by atoms with E-state index in [1.165, 1.54) is 0 Å². The van der Waals surface area contributed by atoms with E-state index in [-0.39, 0.29) is 6.61 Å². The average molecular weight is 196 g/mol. The Kier molecular flexibility index (Phi) is 3.49. The first-order chi connectivity index (χ1) is 6.66. The number of aliphatic hydroxyl groups excluding tert-OH is 1. The molecule has 0 saturated heterocycles. The van der Waals surface area contributed by atoms with E-state index in [4.69, 9.17) is 9.84 Å². The van der Waals surface area contributed by atoms with Crippen molar-refractivity contribution in [2.24, 2.45) is 0 Å². The van der Waals surface area contributed by atoms with Gasteiger partial charge in [0.25, 0.3) is 0 Å². The summed E-state index contributed by atoms with van der Waals surface area (Å²) in [5, 5.41) is 19.1. The molecule has 0 spiro atoms.